The highest BCUT2D eigenvalue weighted by Crippen LogP contribution is 2.39. The Morgan fingerprint density at radius 1 is 1.12 bits per heavy atom. The van der Waals surface area contributed by atoms with Crippen LogP contribution in [0.4, 0.5) is 0 Å². The summed E-state index contributed by atoms with van der Waals surface area (Å²) in [7, 11) is 0. The molecule has 5 nitrogen and oxygen atoms in total. The minimum Gasteiger partial charge on any atom is -0.480 e. The van der Waals surface area contributed by atoms with E-state index in [-0.39, 0.29) is 11.9 Å². The van der Waals surface area contributed by atoms with Gasteiger partial charge in [-0.05, 0) is 30.2 Å². The molecule has 1 aliphatic rings. The van der Waals surface area contributed by atoms with E-state index >= 15 is 0 Å². The summed E-state index contributed by atoms with van der Waals surface area (Å²) in [6.07, 6.45) is 0.950. The second-order valence-corrected chi connectivity index (χ2v) is 6.62. The van der Waals surface area contributed by atoms with E-state index in [4.69, 9.17) is 0 Å². The molecule has 3 aromatic rings. The number of aliphatic carboxylic acids is 1. The van der Waals surface area contributed by atoms with Crippen molar-refractivity contribution in [2.24, 2.45) is 0 Å². The first-order chi connectivity index (χ1) is 12.6. The number of hydrogen-bond donors (Lipinski definition) is 2. The van der Waals surface area contributed by atoms with E-state index in [2.05, 4.69) is 4.98 Å². The number of aromatic nitrogens is 1. The van der Waals surface area contributed by atoms with E-state index in [1.54, 1.807) is 24.3 Å². The fraction of sp³-hybridized carbons (Fsp3) is 0.238. The van der Waals surface area contributed by atoms with Crippen LogP contribution >= 0.6 is 0 Å². The summed E-state index contributed by atoms with van der Waals surface area (Å²) in [6.45, 7) is 1.98. The number of nitrogens with one attached hydrogen (secondary N) is 1. The van der Waals surface area contributed by atoms with Gasteiger partial charge in [-0.1, -0.05) is 43.3 Å². The number of H-pyrrole nitrogens is 1. The lowest BCUT2D eigenvalue weighted by Crippen LogP contribution is -2.51. The van der Waals surface area contributed by atoms with Crippen molar-refractivity contribution in [1.82, 2.24) is 9.88 Å². The summed E-state index contributed by atoms with van der Waals surface area (Å²) in [5.41, 5.74) is 3.46. The van der Waals surface area contributed by atoms with Gasteiger partial charge in [0.15, 0.2) is 0 Å². The van der Waals surface area contributed by atoms with Gasteiger partial charge < -0.3 is 15.0 Å². The zero-order valence-electron chi connectivity index (χ0n) is 14.5. The van der Waals surface area contributed by atoms with Gasteiger partial charge in [0.1, 0.15) is 6.04 Å². The highest BCUT2D eigenvalue weighted by molar-refractivity contribution is 5.98. The first-order valence-corrected chi connectivity index (χ1v) is 8.81. The normalized spacial score (nSPS) is 19.3. The summed E-state index contributed by atoms with van der Waals surface area (Å²) in [5.74, 6) is -1.21. The van der Waals surface area contributed by atoms with Crippen LogP contribution in [0.1, 0.15) is 41.0 Å². The number of amides is 1. The highest BCUT2D eigenvalue weighted by Gasteiger charge is 2.42. The number of carbonyl (C=O) groups is 2. The van der Waals surface area contributed by atoms with E-state index in [1.807, 2.05) is 37.3 Å². The summed E-state index contributed by atoms with van der Waals surface area (Å²) >= 11 is 0. The second-order valence-electron chi connectivity index (χ2n) is 6.62. The molecule has 132 valence electrons. The van der Waals surface area contributed by atoms with E-state index in [0.29, 0.717) is 18.4 Å². The molecule has 1 aromatic heterocycles. The smallest absolute Gasteiger partial charge is 0.326 e. The van der Waals surface area contributed by atoms with Gasteiger partial charge in [0.2, 0.25) is 0 Å². The number of para-hydroxylation sites is 1. The molecular weight excluding hydrogens is 328 g/mol. The maximum Gasteiger partial charge on any atom is 0.326 e. The topological polar surface area (TPSA) is 73.4 Å². The molecule has 0 aliphatic carbocycles. The van der Waals surface area contributed by atoms with Gasteiger partial charge in [-0.15, -0.1) is 0 Å². The molecule has 0 saturated heterocycles. The predicted molar refractivity (Wildman–Crippen MR) is 99.1 cm³/mol. The van der Waals surface area contributed by atoms with Crippen molar-refractivity contribution in [2.45, 2.75) is 31.8 Å². The third-order valence-corrected chi connectivity index (χ3v) is 5.18. The first kappa shape index (κ1) is 16.4. The lowest BCUT2D eigenvalue weighted by Gasteiger charge is -2.40. The van der Waals surface area contributed by atoms with Crippen LogP contribution in [-0.4, -0.2) is 32.9 Å². The Morgan fingerprint density at radius 2 is 1.81 bits per heavy atom. The van der Waals surface area contributed by atoms with Gasteiger partial charge in [0.25, 0.3) is 5.91 Å². The largest absolute Gasteiger partial charge is 0.480 e. The second kappa shape index (κ2) is 6.33. The Balaban J connectivity index is 1.87. The number of aromatic amines is 1. The van der Waals surface area contributed by atoms with Crippen molar-refractivity contribution in [1.29, 1.82) is 0 Å². The molecule has 2 atom stereocenters. The van der Waals surface area contributed by atoms with Gasteiger partial charge >= 0.3 is 5.97 Å². The maximum atomic E-state index is 13.2. The molecule has 1 amide bonds. The van der Waals surface area contributed by atoms with Crippen molar-refractivity contribution in [3.05, 3.63) is 71.4 Å². The summed E-state index contributed by atoms with van der Waals surface area (Å²) < 4.78 is 0. The maximum absolute atomic E-state index is 13.2. The minimum atomic E-state index is -0.969. The molecule has 4 rings (SSSR count). The summed E-state index contributed by atoms with van der Waals surface area (Å²) in [5, 5.41) is 10.9. The third-order valence-electron chi connectivity index (χ3n) is 5.18. The number of benzene rings is 2. The fourth-order valence-electron chi connectivity index (χ4n) is 3.99. The van der Waals surface area contributed by atoms with Crippen LogP contribution in [0, 0.1) is 0 Å². The SMILES string of the molecule is CC[C@@H]1c2[nH]c3ccccc3c2C[C@H](C(=O)O)N1C(=O)c1ccccc1. The number of carboxylic acid groups (broad SMARTS) is 1. The molecule has 0 unspecified atom stereocenters. The molecule has 2 heterocycles. The molecule has 2 aromatic carbocycles. The number of carbonyl (C=O) groups excluding carboxylic acids is 1. The van der Waals surface area contributed by atoms with Gasteiger partial charge in [0.05, 0.1) is 6.04 Å². The Bertz CT molecular complexity index is 977. The van der Waals surface area contributed by atoms with Crippen molar-refractivity contribution in [2.75, 3.05) is 0 Å². The molecule has 0 bridgehead atoms. The lowest BCUT2D eigenvalue weighted by molar-refractivity contribution is -0.143. The molecule has 0 radical (unpaired) electrons. The molecule has 1 aliphatic heterocycles. The zero-order valence-corrected chi connectivity index (χ0v) is 14.5. The van der Waals surface area contributed by atoms with E-state index in [1.165, 1.54) is 4.90 Å². The average Bonchev–Trinajstić information content (AvgIpc) is 3.05. The molecule has 0 saturated carbocycles. The van der Waals surface area contributed by atoms with Crippen LogP contribution in [0.3, 0.4) is 0 Å². The van der Waals surface area contributed by atoms with Gasteiger partial charge in [-0.3, -0.25) is 4.79 Å². The molecular formula is C21H20N2O3. The van der Waals surface area contributed by atoms with E-state index in [0.717, 1.165) is 22.2 Å². The van der Waals surface area contributed by atoms with Crippen molar-refractivity contribution >= 4 is 22.8 Å². The number of nitrogens with zero attached hydrogens (tertiary/aromatic N) is 1. The van der Waals surface area contributed by atoms with Crippen LogP contribution in [0.15, 0.2) is 54.6 Å². The number of hydrogen-bond acceptors (Lipinski definition) is 2. The summed E-state index contributed by atoms with van der Waals surface area (Å²) in [6, 6.07) is 15.6. The average molecular weight is 348 g/mol. The lowest BCUT2D eigenvalue weighted by atomic mass is 9.89. The number of fused-ring (bicyclic) bond motifs is 3. The van der Waals surface area contributed by atoms with Crippen molar-refractivity contribution in [3.8, 4) is 0 Å². The molecule has 0 spiro atoms. The van der Waals surface area contributed by atoms with Crippen LogP contribution in [0.25, 0.3) is 10.9 Å². The van der Waals surface area contributed by atoms with Crippen molar-refractivity contribution in [3.63, 3.8) is 0 Å². The minimum absolute atomic E-state index is 0.242. The van der Waals surface area contributed by atoms with Gasteiger partial charge in [-0.25, -0.2) is 4.79 Å². The highest BCUT2D eigenvalue weighted by atomic mass is 16.4. The monoisotopic (exact) mass is 348 g/mol. The van der Waals surface area contributed by atoms with E-state index < -0.39 is 12.0 Å². The quantitative estimate of drug-likeness (QED) is 0.757. The van der Waals surface area contributed by atoms with Gasteiger partial charge in [-0.2, -0.15) is 0 Å². The number of carboxylic acids is 1. The Morgan fingerprint density at radius 3 is 2.50 bits per heavy atom. The predicted octanol–water partition coefficient (Wildman–Crippen LogP) is 3.77. The standard InChI is InChI=1S/C21H20N2O3/c1-2-17-19-15(14-10-6-7-11-16(14)22-19)12-18(21(25)26)23(17)20(24)13-8-4-3-5-9-13/h3-11,17-18,22H,2,12H2,1H3,(H,25,26)/t17-,18-/m1/s1. The Labute approximate surface area is 151 Å². The van der Waals surface area contributed by atoms with Crippen molar-refractivity contribution < 1.29 is 14.7 Å². The number of rotatable bonds is 3. The fourth-order valence-corrected chi connectivity index (χ4v) is 3.99. The molecule has 0 fully saturated rings. The Hall–Kier alpha value is -3.08. The van der Waals surface area contributed by atoms with Crippen LogP contribution in [0.5, 0.6) is 0 Å². The van der Waals surface area contributed by atoms with Crippen LogP contribution in [-0.2, 0) is 11.2 Å². The molecule has 26 heavy (non-hydrogen) atoms. The van der Waals surface area contributed by atoms with Gasteiger partial charge in [0, 0.05) is 28.6 Å². The Kier molecular flexibility index (Phi) is 3.99. The van der Waals surface area contributed by atoms with Crippen LogP contribution in [0.2, 0.25) is 0 Å². The van der Waals surface area contributed by atoms with Crippen LogP contribution < -0.4 is 0 Å². The molecule has 5 heteroatoms. The zero-order chi connectivity index (χ0) is 18.3. The van der Waals surface area contributed by atoms with E-state index in [9.17, 15) is 14.7 Å². The first-order valence-electron chi connectivity index (χ1n) is 8.81. The molecule has 2 N–H and O–H groups in total. The third kappa shape index (κ3) is 2.47. The summed E-state index contributed by atoms with van der Waals surface area (Å²) in [4.78, 5) is 30.1.